The fourth-order valence-electron chi connectivity index (χ4n) is 2.03. The van der Waals surface area contributed by atoms with Crippen LogP contribution in [0.3, 0.4) is 0 Å². The molecule has 210 valence electrons. The SMILES string of the molecule is CC#CCCOC(C)(C)C.CC#CCCOCCOC(C)(C)C.CC(C)(C)OCCC#C[Si](C)(C)C. The molecule has 0 atom stereocenters. The molecule has 0 bridgehead atoms. The minimum absolute atomic E-state index is 0.0184. The first-order valence-electron chi connectivity index (χ1n) is 13.1. The first kappa shape index (κ1) is 39.3. The van der Waals surface area contributed by atoms with E-state index in [2.05, 4.69) is 75.6 Å². The van der Waals surface area contributed by atoms with E-state index < -0.39 is 8.07 Å². The molecule has 0 fully saturated rings. The highest BCUT2D eigenvalue weighted by atomic mass is 28.3. The van der Waals surface area contributed by atoms with E-state index in [9.17, 15) is 0 Å². The van der Waals surface area contributed by atoms with E-state index in [1.165, 1.54) is 0 Å². The number of rotatable bonds is 9. The summed E-state index contributed by atoms with van der Waals surface area (Å²) in [4.78, 5) is 0. The third kappa shape index (κ3) is 49.8. The Morgan fingerprint density at radius 3 is 1.22 bits per heavy atom. The van der Waals surface area contributed by atoms with Crippen LogP contribution in [0.15, 0.2) is 0 Å². The summed E-state index contributed by atoms with van der Waals surface area (Å²) >= 11 is 0. The molecule has 0 rings (SSSR count). The molecule has 0 heterocycles. The Hall–Kier alpha value is -1.26. The molecule has 0 aliphatic rings. The normalized spacial score (nSPS) is 11.2. The van der Waals surface area contributed by atoms with Crippen molar-refractivity contribution in [2.75, 3.05) is 33.0 Å². The lowest BCUT2D eigenvalue weighted by molar-refractivity contribution is -0.0340. The van der Waals surface area contributed by atoms with Crippen LogP contribution < -0.4 is 0 Å². The van der Waals surface area contributed by atoms with E-state index in [0.29, 0.717) is 19.8 Å². The van der Waals surface area contributed by atoms with Crippen LogP contribution in [-0.4, -0.2) is 57.9 Å². The predicted molar refractivity (Wildman–Crippen MR) is 160 cm³/mol. The zero-order chi connectivity index (χ0) is 28.7. The molecule has 4 nitrogen and oxygen atoms in total. The van der Waals surface area contributed by atoms with Crippen molar-refractivity contribution in [2.24, 2.45) is 0 Å². The standard InChI is InChI=1S/C11H20O2.C11H22OSi.C9H16O/c1-5-6-7-8-12-9-10-13-11(2,3)4;1-11(2,3)12-9-7-8-10-13(4,5)6;1-5-6-7-8-10-9(2,3)4/h7-10H2,1-4H3;7,9H2,1-6H3;7-8H2,1-4H3. The van der Waals surface area contributed by atoms with Crippen LogP contribution in [0.4, 0.5) is 0 Å². The molecule has 0 aromatic rings. The second-order valence-corrected chi connectivity index (χ2v) is 16.9. The quantitative estimate of drug-likeness (QED) is 0.178. The molecule has 0 aliphatic heterocycles. The summed E-state index contributed by atoms with van der Waals surface area (Å²) in [5, 5.41) is 0. The van der Waals surface area contributed by atoms with Gasteiger partial charge in [0.15, 0.2) is 0 Å². The Labute approximate surface area is 227 Å². The van der Waals surface area contributed by atoms with Crippen LogP contribution in [0.1, 0.15) is 95.4 Å². The van der Waals surface area contributed by atoms with E-state index in [1.54, 1.807) is 0 Å². The van der Waals surface area contributed by atoms with Gasteiger partial charge in [0.05, 0.1) is 49.8 Å². The van der Waals surface area contributed by atoms with Gasteiger partial charge in [-0.3, -0.25) is 0 Å². The highest BCUT2D eigenvalue weighted by molar-refractivity contribution is 6.83. The number of ether oxygens (including phenoxy) is 4. The van der Waals surface area contributed by atoms with Gasteiger partial charge in [-0.25, -0.2) is 0 Å². The average Bonchev–Trinajstić information content (AvgIpc) is 2.68. The van der Waals surface area contributed by atoms with Gasteiger partial charge in [-0.2, -0.15) is 0 Å². The molecule has 0 unspecified atom stereocenters. The molecule has 0 spiro atoms. The zero-order valence-electron chi connectivity index (χ0n) is 26.3. The van der Waals surface area contributed by atoms with Crippen LogP contribution in [0.25, 0.3) is 0 Å². The van der Waals surface area contributed by atoms with E-state index >= 15 is 0 Å². The molecule has 0 aromatic heterocycles. The second-order valence-electron chi connectivity index (χ2n) is 12.2. The van der Waals surface area contributed by atoms with E-state index in [1.807, 2.05) is 55.4 Å². The summed E-state index contributed by atoms with van der Waals surface area (Å²) in [7, 11) is -1.17. The van der Waals surface area contributed by atoms with Gasteiger partial charge in [0.1, 0.15) is 8.07 Å². The third-order valence-electron chi connectivity index (χ3n) is 3.48. The van der Waals surface area contributed by atoms with Gasteiger partial charge >= 0.3 is 0 Å². The van der Waals surface area contributed by atoms with Crippen molar-refractivity contribution >= 4 is 8.07 Å². The molecule has 0 N–H and O–H groups in total. The Bertz CT molecular complexity index is 697. The van der Waals surface area contributed by atoms with Gasteiger partial charge in [0.25, 0.3) is 0 Å². The summed E-state index contributed by atoms with van der Waals surface area (Å²) < 4.78 is 21.8. The van der Waals surface area contributed by atoms with Crippen molar-refractivity contribution in [2.45, 2.75) is 132 Å². The van der Waals surface area contributed by atoms with Crippen molar-refractivity contribution in [1.82, 2.24) is 0 Å². The summed E-state index contributed by atoms with van der Waals surface area (Å²) in [5.74, 6) is 14.7. The first-order chi connectivity index (χ1) is 16.3. The van der Waals surface area contributed by atoms with Crippen LogP contribution in [-0.2, 0) is 18.9 Å². The molecule has 5 heteroatoms. The molecule has 0 aliphatic carbocycles. The summed E-state index contributed by atoms with van der Waals surface area (Å²) in [6, 6.07) is 0. The smallest absolute Gasteiger partial charge is 0.129 e. The van der Waals surface area contributed by atoms with Crippen molar-refractivity contribution in [3.63, 3.8) is 0 Å². The fraction of sp³-hybridized carbons (Fsp3) is 0.806. The van der Waals surface area contributed by atoms with Gasteiger partial charge in [0, 0.05) is 19.3 Å². The molecule has 0 aromatic carbocycles. The first-order valence-corrected chi connectivity index (χ1v) is 16.6. The van der Waals surface area contributed by atoms with Crippen molar-refractivity contribution in [3.05, 3.63) is 0 Å². The monoisotopic (exact) mass is 522 g/mol. The second kappa shape index (κ2) is 21.8. The van der Waals surface area contributed by atoms with E-state index in [-0.39, 0.29) is 16.8 Å². The van der Waals surface area contributed by atoms with Crippen LogP contribution in [0.5, 0.6) is 0 Å². The molecular formula is C31H58O4Si. The average molecular weight is 523 g/mol. The lowest BCUT2D eigenvalue weighted by Gasteiger charge is -2.19. The molecular weight excluding hydrogens is 464 g/mol. The highest BCUT2D eigenvalue weighted by Gasteiger charge is 2.10. The molecule has 0 saturated heterocycles. The summed E-state index contributed by atoms with van der Waals surface area (Å²) in [6.07, 6.45) is 2.52. The topological polar surface area (TPSA) is 36.9 Å². The predicted octanol–water partition coefficient (Wildman–Crippen LogP) is 7.52. The van der Waals surface area contributed by atoms with Crippen molar-refractivity contribution < 1.29 is 18.9 Å². The van der Waals surface area contributed by atoms with Gasteiger partial charge in [-0.05, 0) is 76.2 Å². The fourth-order valence-corrected chi connectivity index (χ4v) is 2.68. The van der Waals surface area contributed by atoms with E-state index in [4.69, 9.17) is 18.9 Å². The Morgan fingerprint density at radius 1 is 0.500 bits per heavy atom. The summed E-state index contributed by atoms with van der Waals surface area (Å²) in [6.45, 7) is 32.4. The lowest BCUT2D eigenvalue weighted by Crippen LogP contribution is -2.21. The third-order valence-corrected chi connectivity index (χ3v) is 4.40. The molecule has 0 saturated carbocycles. The van der Waals surface area contributed by atoms with Crippen LogP contribution >= 0.6 is 0 Å². The van der Waals surface area contributed by atoms with Gasteiger partial charge in [-0.1, -0.05) is 19.6 Å². The largest absolute Gasteiger partial charge is 0.378 e. The van der Waals surface area contributed by atoms with Crippen molar-refractivity contribution in [3.8, 4) is 35.1 Å². The zero-order valence-corrected chi connectivity index (χ0v) is 27.3. The Balaban J connectivity index is -0.000000459. The van der Waals surface area contributed by atoms with Crippen molar-refractivity contribution in [1.29, 1.82) is 0 Å². The Kier molecular flexibility index (Phi) is 23.8. The molecule has 36 heavy (non-hydrogen) atoms. The van der Waals surface area contributed by atoms with Crippen LogP contribution in [0, 0.1) is 35.1 Å². The van der Waals surface area contributed by atoms with Gasteiger partial charge in [0.2, 0.25) is 0 Å². The lowest BCUT2D eigenvalue weighted by atomic mass is 10.2. The minimum atomic E-state index is -1.17. The minimum Gasteiger partial charge on any atom is -0.378 e. The highest BCUT2D eigenvalue weighted by Crippen LogP contribution is 2.07. The number of hydrogen-bond donors (Lipinski definition) is 0. The molecule has 0 amide bonds. The maximum absolute atomic E-state index is 5.56. The van der Waals surface area contributed by atoms with Gasteiger partial charge in [-0.15, -0.1) is 35.1 Å². The van der Waals surface area contributed by atoms with Crippen LogP contribution in [0.2, 0.25) is 19.6 Å². The van der Waals surface area contributed by atoms with E-state index in [0.717, 1.165) is 32.5 Å². The Morgan fingerprint density at radius 2 is 0.861 bits per heavy atom. The van der Waals surface area contributed by atoms with Gasteiger partial charge < -0.3 is 18.9 Å². The number of hydrogen-bond acceptors (Lipinski definition) is 4. The summed E-state index contributed by atoms with van der Waals surface area (Å²) in [5.41, 5.74) is 3.21. The molecule has 0 radical (unpaired) electrons. The maximum atomic E-state index is 5.56. The maximum Gasteiger partial charge on any atom is 0.129 e.